The van der Waals surface area contributed by atoms with Gasteiger partial charge < -0.3 is 15.4 Å². The lowest BCUT2D eigenvalue weighted by Gasteiger charge is -2.37. The topological polar surface area (TPSA) is 88.8 Å². The minimum atomic E-state index is -2.43. The quantitative estimate of drug-likeness (QED) is 0.538. The number of methoxy groups -OCH3 is 1. The first-order chi connectivity index (χ1) is 14.5. The number of rotatable bonds is 7. The van der Waals surface area contributed by atoms with E-state index in [1.54, 1.807) is 18.4 Å². The molecule has 2 heterocycles. The highest BCUT2D eigenvalue weighted by Gasteiger charge is 2.22. The molecule has 7 nitrogen and oxygen atoms in total. The van der Waals surface area contributed by atoms with Crippen LogP contribution in [0.25, 0.3) is 10.2 Å². The molecule has 0 radical (unpaired) electrons. The fourth-order valence-electron chi connectivity index (χ4n) is 3.81. The summed E-state index contributed by atoms with van der Waals surface area (Å²) in [6, 6.07) is 13.5. The van der Waals surface area contributed by atoms with Crippen molar-refractivity contribution in [3.8, 4) is 5.75 Å². The molecule has 160 valence electrons. The van der Waals surface area contributed by atoms with E-state index in [-0.39, 0.29) is 11.8 Å². The Kier molecular flexibility index (Phi) is 6.52. The molecule has 2 aromatic carbocycles. The highest BCUT2D eigenvalue weighted by atomic mass is 32.2. The Morgan fingerprint density at radius 2 is 1.93 bits per heavy atom. The maximum absolute atomic E-state index is 11.0. The van der Waals surface area contributed by atoms with Gasteiger partial charge in [0.2, 0.25) is 0 Å². The molecule has 4 rings (SSSR count). The van der Waals surface area contributed by atoms with E-state index in [4.69, 9.17) is 10.5 Å². The van der Waals surface area contributed by atoms with E-state index < -0.39 is 10.7 Å². The summed E-state index contributed by atoms with van der Waals surface area (Å²) in [5, 5.41) is 0.890. The maximum atomic E-state index is 11.0. The van der Waals surface area contributed by atoms with Crippen LogP contribution in [-0.4, -0.2) is 58.1 Å². The first-order valence-corrected chi connectivity index (χ1v) is 12.1. The second kappa shape index (κ2) is 9.30. The normalized spacial score (nSPS) is 16.3. The van der Waals surface area contributed by atoms with Crippen LogP contribution in [0.3, 0.4) is 0 Å². The van der Waals surface area contributed by atoms with E-state index in [1.165, 1.54) is 0 Å². The Balaban J connectivity index is 1.38. The molecule has 1 aliphatic rings. The molecule has 1 unspecified atom stereocenters. The van der Waals surface area contributed by atoms with Crippen LogP contribution in [0.4, 0.5) is 5.69 Å². The third-order valence-corrected chi connectivity index (χ3v) is 7.12. The van der Waals surface area contributed by atoms with Crippen LogP contribution in [0, 0.1) is 0 Å². The molecule has 1 aliphatic heterocycles. The van der Waals surface area contributed by atoms with Crippen LogP contribution in [0.5, 0.6) is 5.75 Å². The molecule has 1 saturated heterocycles. The summed E-state index contributed by atoms with van der Waals surface area (Å²) in [5.74, 6) is 0.958. The van der Waals surface area contributed by atoms with E-state index in [2.05, 4.69) is 20.9 Å². The summed E-state index contributed by atoms with van der Waals surface area (Å²) in [4.78, 5) is 9.39. The molecule has 0 saturated carbocycles. The Labute approximate surface area is 182 Å². The molecule has 3 aromatic rings. The number of thiazole rings is 1. The van der Waals surface area contributed by atoms with Crippen molar-refractivity contribution < 1.29 is 13.2 Å². The van der Waals surface area contributed by atoms with Gasteiger partial charge in [-0.3, -0.25) is 4.90 Å². The van der Waals surface area contributed by atoms with Gasteiger partial charge in [0.15, 0.2) is 0 Å². The predicted octanol–water partition coefficient (Wildman–Crippen LogP) is 2.24. The highest BCUT2D eigenvalue weighted by molar-refractivity contribution is 7.71. The van der Waals surface area contributed by atoms with Crippen molar-refractivity contribution in [2.75, 3.05) is 44.7 Å². The lowest BCUT2D eigenvalue weighted by molar-refractivity contribution is 0.242. The van der Waals surface area contributed by atoms with Crippen LogP contribution < -0.4 is 15.4 Å². The first-order valence-electron chi connectivity index (χ1n) is 9.90. The molecule has 1 fully saturated rings. The van der Waals surface area contributed by atoms with Gasteiger partial charge in [-0.25, -0.2) is 13.4 Å². The number of hydrogen-bond acceptors (Lipinski definition) is 8. The van der Waals surface area contributed by atoms with E-state index >= 15 is 0 Å². The van der Waals surface area contributed by atoms with E-state index in [9.17, 15) is 8.42 Å². The number of fused-ring (bicyclic) bond motifs is 1. The van der Waals surface area contributed by atoms with Gasteiger partial charge in [-0.15, -0.1) is 11.3 Å². The fourth-order valence-corrected chi connectivity index (χ4v) is 5.33. The molecule has 30 heavy (non-hydrogen) atoms. The summed E-state index contributed by atoms with van der Waals surface area (Å²) >= 11 is 1.55. The molecule has 0 bridgehead atoms. The highest BCUT2D eigenvalue weighted by Crippen LogP contribution is 2.30. The number of nitrogens with two attached hydrogens (primary N) is 1. The molecule has 2 N–H and O–H groups in total. The zero-order valence-corrected chi connectivity index (χ0v) is 18.6. The number of aromatic nitrogens is 1. The number of anilines is 1. The van der Waals surface area contributed by atoms with Crippen molar-refractivity contribution in [3.63, 3.8) is 0 Å². The Bertz CT molecular complexity index is 1080. The van der Waals surface area contributed by atoms with Gasteiger partial charge in [0, 0.05) is 32.7 Å². The average Bonchev–Trinajstić information content (AvgIpc) is 3.17. The predicted molar refractivity (Wildman–Crippen MR) is 122 cm³/mol. The lowest BCUT2D eigenvalue weighted by atomic mass is 10.2. The van der Waals surface area contributed by atoms with Crippen molar-refractivity contribution >= 4 is 37.9 Å². The van der Waals surface area contributed by atoms with Crippen LogP contribution >= 0.6 is 11.3 Å². The van der Waals surface area contributed by atoms with Crippen LogP contribution in [0.1, 0.15) is 16.6 Å². The third-order valence-electron chi connectivity index (χ3n) is 5.35. The number of hydrogen-bond donors (Lipinski definition) is 2. The SMILES string of the molecule is COc1ccccc1N1CCN(CC(N)c2nc3ccc(C[SH](=O)=O)cc3s2)CC1. The number of thiol groups is 1. The summed E-state index contributed by atoms with van der Waals surface area (Å²) in [5.41, 5.74) is 9.26. The second-order valence-corrected chi connectivity index (χ2v) is 9.45. The van der Waals surface area contributed by atoms with Gasteiger partial charge in [-0.05, 0) is 29.8 Å². The first kappa shape index (κ1) is 21.0. The minimum absolute atomic E-state index is 0.0566. The smallest absolute Gasteiger partial charge is 0.144 e. The van der Waals surface area contributed by atoms with E-state index in [1.807, 2.05) is 36.4 Å². The number of benzene rings is 2. The number of para-hydroxylation sites is 2. The van der Waals surface area contributed by atoms with Gasteiger partial charge in [0.1, 0.15) is 21.5 Å². The Morgan fingerprint density at radius 3 is 2.67 bits per heavy atom. The van der Waals surface area contributed by atoms with Crippen molar-refractivity contribution in [2.45, 2.75) is 11.8 Å². The molecule has 0 spiro atoms. The molecule has 0 amide bonds. The number of ether oxygens (including phenoxy) is 1. The Hall–Kier alpha value is -2.20. The lowest BCUT2D eigenvalue weighted by Crippen LogP contribution is -2.48. The minimum Gasteiger partial charge on any atom is -0.495 e. The molecular weight excluding hydrogens is 420 g/mol. The van der Waals surface area contributed by atoms with Crippen molar-refractivity contribution in [3.05, 3.63) is 53.0 Å². The van der Waals surface area contributed by atoms with Crippen LogP contribution in [0.2, 0.25) is 0 Å². The zero-order chi connectivity index (χ0) is 21.1. The summed E-state index contributed by atoms with van der Waals surface area (Å²) in [6.07, 6.45) is 0. The van der Waals surface area contributed by atoms with E-state index in [0.29, 0.717) is 0 Å². The van der Waals surface area contributed by atoms with Crippen LogP contribution in [-0.2, 0) is 16.5 Å². The van der Waals surface area contributed by atoms with Gasteiger partial charge in [-0.1, -0.05) is 18.2 Å². The molecule has 0 aliphatic carbocycles. The second-order valence-electron chi connectivity index (χ2n) is 7.41. The average molecular weight is 447 g/mol. The molecule has 1 aromatic heterocycles. The fraction of sp³-hybridized carbons (Fsp3) is 0.381. The zero-order valence-electron chi connectivity index (χ0n) is 16.9. The van der Waals surface area contributed by atoms with Gasteiger partial charge in [0.05, 0.1) is 34.8 Å². The summed E-state index contributed by atoms with van der Waals surface area (Å²) < 4.78 is 28.4. The van der Waals surface area contributed by atoms with Gasteiger partial charge in [-0.2, -0.15) is 0 Å². The maximum Gasteiger partial charge on any atom is 0.144 e. The number of nitrogens with zero attached hydrogens (tertiary/aromatic N) is 3. The van der Waals surface area contributed by atoms with E-state index in [0.717, 1.165) is 64.9 Å². The van der Waals surface area contributed by atoms with Crippen molar-refractivity contribution in [1.29, 1.82) is 0 Å². The molecular formula is C21H26N4O3S2. The van der Waals surface area contributed by atoms with Gasteiger partial charge >= 0.3 is 0 Å². The largest absolute Gasteiger partial charge is 0.495 e. The standard InChI is InChI=1S/C21H26N4O3S2/c1-28-19-5-3-2-4-18(19)25-10-8-24(9-11-25)13-16(22)21-23-17-7-6-15(14-30(26)27)12-20(17)29-21/h2-7,12,16,30H,8-11,13-14,22H2,1H3. The Morgan fingerprint density at radius 1 is 1.17 bits per heavy atom. The number of piperazine rings is 1. The monoisotopic (exact) mass is 446 g/mol. The molecule has 1 atom stereocenters. The van der Waals surface area contributed by atoms with Gasteiger partial charge in [0.25, 0.3) is 0 Å². The van der Waals surface area contributed by atoms with Crippen molar-refractivity contribution in [2.24, 2.45) is 5.73 Å². The summed E-state index contributed by atoms with van der Waals surface area (Å²) in [7, 11) is -0.729. The van der Waals surface area contributed by atoms with Crippen molar-refractivity contribution in [1.82, 2.24) is 9.88 Å². The third kappa shape index (κ3) is 4.75. The summed E-state index contributed by atoms with van der Waals surface area (Å²) in [6.45, 7) is 4.45. The van der Waals surface area contributed by atoms with Crippen LogP contribution in [0.15, 0.2) is 42.5 Å². The molecule has 9 heteroatoms.